The highest BCUT2D eigenvalue weighted by molar-refractivity contribution is 5.86. The van der Waals surface area contributed by atoms with Gasteiger partial charge in [-0.3, -0.25) is 4.79 Å². The monoisotopic (exact) mass is 185 g/mol. The normalized spacial score (nSPS) is 12.2. The maximum atomic E-state index is 10.7. The molecule has 0 aromatic rings. The predicted molar refractivity (Wildman–Crippen MR) is 53.4 cm³/mol. The fourth-order valence-corrected chi connectivity index (χ4v) is 1.10. The maximum Gasteiger partial charge on any atom is 0.243 e. The summed E-state index contributed by atoms with van der Waals surface area (Å²) in [4.78, 5) is 10.7. The highest BCUT2D eigenvalue weighted by atomic mass is 16.3. The van der Waals surface area contributed by atoms with Crippen LogP contribution in [0.5, 0.6) is 0 Å². The van der Waals surface area contributed by atoms with Crippen molar-refractivity contribution in [2.45, 2.75) is 38.7 Å². The number of aliphatic hydroxyl groups excluding tert-OH is 1. The van der Waals surface area contributed by atoms with E-state index in [4.69, 9.17) is 0 Å². The zero-order chi connectivity index (χ0) is 10.1. The van der Waals surface area contributed by atoms with Crippen LogP contribution in [0.25, 0.3) is 0 Å². The average molecular weight is 185 g/mol. The van der Waals surface area contributed by atoms with Gasteiger partial charge in [-0.1, -0.05) is 19.9 Å². The van der Waals surface area contributed by atoms with Crippen LogP contribution in [0.2, 0.25) is 0 Å². The molecule has 76 valence electrons. The van der Waals surface area contributed by atoms with Gasteiger partial charge in [-0.15, -0.1) is 0 Å². The minimum absolute atomic E-state index is 0.148. The molecule has 0 aromatic carbocycles. The number of rotatable bonds is 7. The van der Waals surface area contributed by atoms with Gasteiger partial charge in [-0.2, -0.15) is 0 Å². The molecule has 0 spiro atoms. The molecule has 0 saturated carbocycles. The van der Waals surface area contributed by atoms with Crippen molar-refractivity contribution in [1.29, 1.82) is 0 Å². The first-order valence-electron chi connectivity index (χ1n) is 4.79. The maximum absolute atomic E-state index is 10.7. The summed E-state index contributed by atoms with van der Waals surface area (Å²) in [7, 11) is 0. The Bertz CT molecular complexity index is 157. The van der Waals surface area contributed by atoms with E-state index in [-0.39, 0.29) is 12.0 Å². The van der Waals surface area contributed by atoms with Gasteiger partial charge in [0.05, 0.1) is 6.10 Å². The standard InChI is InChI=1S/C10H19NO2/c1-3-6-9(12)7-5-8-11-10(13)4-2/h4,9,12H,2-3,5-8H2,1H3,(H,11,13). The van der Waals surface area contributed by atoms with E-state index in [2.05, 4.69) is 11.9 Å². The summed E-state index contributed by atoms with van der Waals surface area (Å²) in [5.74, 6) is -0.148. The molecule has 1 atom stereocenters. The molecule has 1 amide bonds. The number of aliphatic hydroxyl groups is 1. The van der Waals surface area contributed by atoms with E-state index >= 15 is 0 Å². The summed E-state index contributed by atoms with van der Waals surface area (Å²) in [6.45, 7) is 6.00. The molecule has 3 heteroatoms. The van der Waals surface area contributed by atoms with E-state index in [9.17, 15) is 9.90 Å². The van der Waals surface area contributed by atoms with Crippen LogP contribution >= 0.6 is 0 Å². The van der Waals surface area contributed by atoms with E-state index < -0.39 is 0 Å². The Morgan fingerprint density at radius 2 is 2.31 bits per heavy atom. The van der Waals surface area contributed by atoms with Crippen molar-refractivity contribution >= 4 is 5.91 Å². The number of nitrogens with one attached hydrogen (secondary N) is 1. The third-order valence-corrected chi connectivity index (χ3v) is 1.82. The van der Waals surface area contributed by atoms with Crippen LogP contribution in [0.15, 0.2) is 12.7 Å². The van der Waals surface area contributed by atoms with Gasteiger partial charge in [-0.05, 0) is 25.3 Å². The molecule has 1 unspecified atom stereocenters. The van der Waals surface area contributed by atoms with Gasteiger partial charge < -0.3 is 10.4 Å². The lowest BCUT2D eigenvalue weighted by Crippen LogP contribution is -2.22. The zero-order valence-electron chi connectivity index (χ0n) is 8.25. The lowest BCUT2D eigenvalue weighted by Gasteiger charge is -2.08. The molecule has 0 aliphatic heterocycles. The van der Waals surface area contributed by atoms with Crippen molar-refractivity contribution in [3.05, 3.63) is 12.7 Å². The Labute approximate surface area is 79.8 Å². The smallest absolute Gasteiger partial charge is 0.243 e. The van der Waals surface area contributed by atoms with Crippen LogP contribution < -0.4 is 5.32 Å². The Morgan fingerprint density at radius 1 is 1.62 bits per heavy atom. The van der Waals surface area contributed by atoms with Crippen molar-refractivity contribution in [2.75, 3.05) is 6.54 Å². The third kappa shape index (κ3) is 7.53. The van der Waals surface area contributed by atoms with Gasteiger partial charge in [0.2, 0.25) is 5.91 Å². The molecule has 13 heavy (non-hydrogen) atoms. The summed E-state index contributed by atoms with van der Waals surface area (Å²) in [6, 6.07) is 0. The van der Waals surface area contributed by atoms with Crippen molar-refractivity contribution in [2.24, 2.45) is 0 Å². The fourth-order valence-electron chi connectivity index (χ4n) is 1.10. The second-order valence-corrected chi connectivity index (χ2v) is 3.08. The van der Waals surface area contributed by atoms with Gasteiger partial charge in [0, 0.05) is 6.54 Å². The lowest BCUT2D eigenvalue weighted by atomic mass is 10.1. The first-order valence-corrected chi connectivity index (χ1v) is 4.79. The summed E-state index contributed by atoms with van der Waals surface area (Å²) in [6.07, 6.45) is 4.45. The van der Waals surface area contributed by atoms with Crippen LogP contribution in [0, 0.1) is 0 Å². The topological polar surface area (TPSA) is 49.3 Å². The van der Waals surface area contributed by atoms with E-state index in [0.29, 0.717) is 6.54 Å². The molecular weight excluding hydrogens is 166 g/mol. The Morgan fingerprint density at radius 3 is 2.85 bits per heavy atom. The zero-order valence-corrected chi connectivity index (χ0v) is 8.25. The van der Waals surface area contributed by atoms with Gasteiger partial charge >= 0.3 is 0 Å². The number of hydrogen-bond acceptors (Lipinski definition) is 2. The van der Waals surface area contributed by atoms with Crippen molar-refractivity contribution < 1.29 is 9.90 Å². The van der Waals surface area contributed by atoms with Crippen molar-refractivity contribution in [3.63, 3.8) is 0 Å². The molecule has 0 aliphatic carbocycles. The minimum Gasteiger partial charge on any atom is -0.393 e. The molecule has 0 aromatic heterocycles. The van der Waals surface area contributed by atoms with Crippen LogP contribution in [0.4, 0.5) is 0 Å². The van der Waals surface area contributed by atoms with E-state index in [1.165, 1.54) is 6.08 Å². The van der Waals surface area contributed by atoms with E-state index in [1.807, 2.05) is 6.92 Å². The molecule has 3 nitrogen and oxygen atoms in total. The summed E-state index contributed by atoms with van der Waals surface area (Å²) < 4.78 is 0. The molecule has 0 aliphatic rings. The summed E-state index contributed by atoms with van der Waals surface area (Å²) >= 11 is 0. The number of carbonyl (C=O) groups excluding carboxylic acids is 1. The second-order valence-electron chi connectivity index (χ2n) is 3.08. The van der Waals surface area contributed by atoms with E-state index in [1.54, 1.807) is 0 Å². The SMILES string of the molecule is C=CC(=O)NCCCC(O)CCC. The molecule has 0 heterocycles. The molecule has 0 radical (unpaired) electrons. The Kier molecular flexibility index (Phi) is 7.30. The highest BCUT2D eigenvalue weighted by Crippen LogP contribution is 2.02. The molecule has 0 saturated heterocycles. The third-order valence-electron chi connectivity index (χ3n) is 1.82. The second kappa shape index (κ2) is 7.80. The van der Waals surface area contributed by atoms with Crippen LogP contribution in [0.1, 0.15) is 32.6 Å². The molecule has 0 rings (SSSR count). The van der Waals surface area contributed by atoms with Gasteiger partial charge in [0.1, 0.15) is 0 Å². The number of hydrogen-bond donors (Lipinski definition) is 2. The first kappa shape index (κ1) is 12.2. The molecule has 2 N–H and O–H groups in total. The van der Waals surface area contributed by atoms with Crippen LogP contribution in [-0.2, 0) is 4.79 Å². The fraction of sp³-hybridized carbons (Fsp3) is 0.700. The average Bonchev–Trinajstić information content (AvgIpc) is 2.12. The Hall–Kier alpha value is -0.830. The van der Waals surface area contributed by atoms with Crippen molar-refractivity contribution in [3.8, 4) is 0 Å². The quantitative estimate of drug-likeness (QED) is 0.463. The molecule has 0 fully saturated rings. The minimum atomic E-state index is -0.217. The van der Waals surface area contributed by atoms with Crippen molar-refractivity contribution in [1.82, 2.24) is 5.32 Å². The molecule has 0 bridgehead atoms. The highest BCUT2D eigenvalue weighted by Gasteiger charge is 2.01. The van der Waals surface area contributed by atoms with E-state index in [0.717, 1.165) is 25.7 Å². The van der Waals surface area contributed by atoms with Crippen LogP contribution in [-0.4, -0.2) is 23.7 Å². The van der Waals surface area contributed by atoms with Gasteiger partial charge in [0.15, 0.2) is 0 Å². The number of amides is 1. The predicted octanol–water partition coefficient (Wildman–Crippen LogP) is 1.23. The Balaban J connectivity index is 3.24. The lowest BCUT2D eigenvalue weighted by molar-refractivity contribution is -0.116. The van der Waals surface area contributed by atoms with Gasteiger partial charge in [-0.25, -0.2) is 0 Å². The number of carbonyl (C=O) groups is 1. The first-order chi connectivity index (χ1) is 6.20. The molecular formula is C10H19NO2. The summed E-state index contributed by atoms with van der Waals surface area (Å²) in [5, 5.41) is 12.0. The van der Waals surface area contributed by atoms with Crippen LogP contribution in [0.3, 0.4) is 0 Å². The largest absolute Gasteiger partial charge is 0.393 e. The summed E-state index contributed by atoms with van der Waals surface area (Å²) in [5.41, 5.74) is 0. The van der Waals surface area contributed by atoms with Gasteiger partial charge in [0.25, 0.3) is 0 Å².